The summed E-state index contributed by atoms with van der Waals surface area (Å²) >= 11 is 0. The molecule has 12 rings (SSSR count). The van der Waals surface area contributed by atoms with Crippen LogP contribution in [0.1, 0.15) is 0 Å². The summed E-state index contributed by atoms with van der Waals surface area (Å²) in [6.45, 7) is 0. The van der Waals surface area contributed by atoms with E-state index in [1.54, 1.807) is 0 Å². The van der Waals surface area contributed by atoms with E-state index in [0.29, 0.717) is 0 Å². The predicted molar refractivity (Wildman–Crippen MR) is 259 cm³/mol. The van der Waals surface area contributed by atoms with E-state index in [1.807, 2.05) is 6.07 Å². The Bertz CT molecular complexity index is 3610. The number of hydrogen-bond donors (Lipinski definition) is 0. The van der Waals surface area contributed by atoms with E-state index < -0.39 is 0 Å². The van der Waals surface area contributed by atoms with E-state index in [2.05, 4.69) is 224 Å². The van der Waals surface area contributed by atoms with Crippen LogP contribution in [0.15, 0.2) is 235 Å². The van der Waals surface area contributed by atoms with Crippen LogP contribution < -0.4 is 0 Å². The van der Waals surface area contributed by atoms with Crippen molar-refractivity contribution >= 4 is 54.1 Å². The molecule has 0 N–H and O–H groups in total. The van der Waals surface area contributed by atoms with Crippen LogP contribution in [0.5, 0.6) is 0 Å². The number of furan rings is 1. The molecule has 0 spiro atoms. The Kier molecular flexibility index (Phi) is 8.25. The first kappa shape index (κ1) is 35.0. The van der Waals surface area contributed by atoms with Crippen LogP contribution in [0, 0.1) is 0 Å². The highest BCUT2D eigenvalue weighted by molar-refractivity contribution is 6.26. The first-order valence-corrected chi connectivity index (χ1v) is 21.0. The van der Waals surface area contributed by atoms with Gasteiger partial charge in [-0.3, -0.25) is 0 Å². The van der Waals surface area contributed by atoms with Crippen LogP contribution in [-0.2, 0) is 0 Å². The molecule has 0 saturated heterocycles. The summed E-state index contributed by atoms with van der Waals surface area (Å²) in [7, 11) is 0. The second-order valence-electron chi connectivity index (χ2n) is 16.0. The van der Waals surface area contributed by atoms with E-state index in [4.69, 9.17) is 4.42 Å². The van der Waals surface area contributed by atoms with Gasteiger partial charge in [-0.25, -0.2) is 0 Å². The van der Waals surface area contributed by atoms with Gasteiger partial charge in [-0.15, -0.1) is 0 Å². The minimum atomic E-state index is 0.874. The van der Waals surface area contributed by atoms with E-state index in [-0.39, 0.29) is 0 Å². The van der Waals surface area contributed by atoms with Gasteiger partial charge in [0.25, 0.3) is 0 Å². The van der Waals surface area contributed by atoms with Gasteiger partial charge in [-0.1, -0.05) is 188 Å². The van der Waals surface area contributed by atoms with Gasteiger partial charge in [0.2, 0.25) is 0 Å². The summed E-state index contributed by atoms with van der Waals surface area (Å²) in [6.07, 6.45) is 0. The van der Waals surface area contributed by atoms with E-state index in [1.165, 1.54) is 87.6 Å². The molecule has 12 aromatic rings. The quantitative estimate of drug-likeness (QED) is 0.153. The van der Waals surface area contributed by atoms with Crippen molar-refractivity contribution in [1.29, 1.82) is 0 Å². The minimum absolute atomic E-state index is 0.874. The zero-order valence-electron chi connectivity index (χ0n) is 33.3. The highest BCUT2D eigenvalue weighted by Crippen LogP contribution is 2.49. The standard InChI is InChI=1S/C60H38O/c1-4-15-39(16-5-1)44-27-30-52-55(35-44)60(54-37-47(40-17-6-2-7-18-40)34-46-22-11-13-25-50(46)54)56-36-45(28-31-53(56)59(52)51-26-14-23-41-19-10-12-24-49(41)51)43-29-32-57-48(33-43)38-58(61-57)42-20-8-3-9-21-42/h1-38H. The van der Waals surface area contributed by atoms with Gasteiger partial charge >= 0.3 is 0 Å². The summed E-state index contributed by atoms with van der Waals surface area (Å²) in [4.78, 5) is 0. The Hall–Kier alpha value is -8.00. The van der Waals surface area contributed by atoms with Crippen LogP contribution in [0.3, 0.4) is 0 Å². The van der Waals surface area contributed by atoms with Gasteiger partial charge in [-0.2, -0.15) is 0 Å². The molecule has 0 aliphatic carbocycles. The van der Waals surface area contributed by atoms with Gasteiger partial charge < -0.3 is 4.42 Å². The number of fused-ring (bicyclic) bond motifs is 5. The van der Waals surface area contributed by atoms with Crippen molar-refractivity contribution in [3.8, 4) is 67.0 Å². The maximum Gasteiger partial charge on any atom is 0.135 e. The van der Waals surface area contributed by atoms with Gasteiger partial charge in [0, 0.05) is 10.9 Å². The normalized spacial score (nSPS) is 11.6. The fraction of sp³-hybridized carbons (Fsp3) is 0. The first-order chi connectivity index (χ1) is 30.2. The lowest BCUT2D eigenvalue weighted by Gasteiger charge is -2.22. The molecule has 0 fully saturated rings. The topological polar surface area (TPSA) is 13.1 Å². The Morgan fingerprint density at radius 1 is 0.230 bits per heavy atom. The average Bonchev–Trinajstić information content (AvgIpc) is 3.77. The third-order valence-electron chi connectivity index (χ3n) is 12.4. The molecule has 284 valence electrons. The van der Waals surface area contributed by atoms with Crippen LogP contribution >= 0.6 is 0 Å². The molecule has 0 aliphatic heterocycles. The summed E-state index contributed by atoms with van der Waals surface area (Å²) in [5.41, 5.74) is 14.0. The maximum absolute atomic E-state index is 6.38. The van der Waals surface area contributed by atoms with Crippen LogP contribution in [0.25, 0.3) is 121 Å². The molecule has 1 heterocycles. The van der Waals surface area contributed by atoms with Crippen molar-refractivity contribution < 1.29 is 4.42 Å². The Balaban J connectivity index is 1.21. The summed E-state index contributed by atoms with van der Waals surface area (Å²) in [5.74, 6) is 0.874. The van der Waals surface area contributed by atoms with Crippen LogP contribution in [-0.4, -0.2) is 0 Å². The third-order valence-corrected chi connectivity index (χ3v) is 12.4. The molecule has 0 amide bonds. The zero-order chi connectivity index (χ0) is 40.3. The van der Waals surface area contributed by atoms with Gasteiger partial charge in [0.15, 0.2) is 0 Å². The van der Waals surface area contributed by atoms with Crippen molar-refractivity contribution in [3.63, 3.8) is 0 Å². The molecule has 0 bridgehead atoms. The van der Waals surface area contributed by atoms with Crippen molar-refractivity contribution in [3.05, 3.63) is 231 Å². The monoisotopic (exact) mass is 774 g/mol. The maximum atomic E-state index is 6.38. The van der Waals surface area contributed by atoms with Gasteiger partial charge in [0.05, 0.1) is 0 Å². The van der Waals surface area contributed by atoms with Gasteiger partial charge in [-0.05, 0) is 141 Å². The SMILES string of the molecule is c1ccc(-c2cc(-c3c4cc(-c5ccccc5)ccc4c(-c4cccc5ccccc45)c4ccc(-c5ccc6oc(-c7ccccc7)cc6c5)cc34)c3ccccc3c2)cc1. The minimum Gasteiger partial charge on any atom is -0.456 e. The van der Waals surface area contributed by atoms with Crippen molar-refractivity contribution in [2.45, 2.75) is 0 Å². The Labute approximate surface area is 354 Å². The number of rotatable bonds is 6. The molecule has 0 saturated carbocycles. The summed E-state index contributed by atoms with van der Waals surface area (Å²) < 4.78 is 6.38. The molecule has 0 unspecified atom stereocenters. The fourth-order valence-electron chi connectivity index (χ4n) is 9.52. The van der Waals surface area contributed by atoms with Crippen molar-refractivity contribution in [2.24, 2.45) is 0 Å². The second-order valence-corrected chi connectivity index (χ2v) is 16.0. The van der Waals surface area contributed by atoms with E-state index >= 15 is 0 Å². The number of benzene rings is 11. The van der Waals surface area contributed by atoms with Crippen LogP contribution in [0.2, 0.25) is 0 Å². The van der Waals surface area contributed by atoms with Gasteiger partial charge in [0.1, 0.15) is 11.3 Å². The van der Waals surface area contributed by atoms with Crippen LogP contribution in [0.4, 0.5) is 0 Å². The largest absolute Gasteiger partial charge is 0.456 e. The highest BCUT2D eigenvalue weighted by atomic mass is 16.3. The molecule has 0 aliphatic rings. The predicted octanol–water partition coefficient (Wildman–Crippen LogP) is 17.0. The lowest BCUT2D eigenvalue weighted by molar-refractivity contribution is 0.631. The molecule has 0 radical (unpaired) electrons. The molecule has 1 nitrogen and oxygen atoms in total. The average molecular weight is 775 g/mol. The summed E-state index contributed by atoms with van der Waals surface area (Å²) in [6, 6.07) is 84.0. The first-order valence-electron chi connectivity index (χ1n) is 21.0. The van der Waals surface area contributed by atoms with Crippen molar-refractivity contribution in [2.75, 3.05) is 0 Å². The fourth-order valence-corrected chi connectivity index (χ4v) is 9.52. The molecule has 61 heavy (non-hydrogen) atoms. The molecule has 11 aromatic carbocycles. The zero-order valence-corrected chi connectivity index (χ0v) is 33.3. The summed E-state index contributed by atoms with van der Waals surface area (Å²) in [5, 5.41) is 10.9. The smallest absolute Gasteiger partial charge is 0.135 e. The molecule has 0 atom stereocenters. The molecule has 1 aromatic heterocycles. The van der Waals surface area contributed by atoms with Crippen molar-refractivity contribution in [1.82, 2.24) is 0 Å². The number of hydrogen-bond acceptors (Lipinski definition) is 1. The lowest BCUT2D eigenvalue weighted by Crippen LogP contribution is -1.94. The Morgan fingerprint density at radius 2 is 0.721 bits per heavy atom. The molecular formula is C60H38O. The van der Waals surface area contributed by atoms with E-state index in [9.17, 15) is 0 Å². The Morgan fingerprint density at radius 3 is 1.41 bits per heavy atom. The molecular weight excluding hydrogens is 737 g/mol. The highest BCUT2D eigenvalue weighted by Gasteiger charge is 2.22. The second kappa shape index (κ2) is 14.4. The van der Waals surface area contributed by atoms with E-state index in [0.717, 1.165) is 33.4 Å². The lowest BCUT2D eigenvalue weighted by atomic mass is 9.81. The molecule has 1 heteroatoms. The third kappa shape index (κ3) is 6.02.